The van der Waals surface area contributed by atoms with E-state index in [4.69, 9.17) is 0 Å². The van der Waals surface area contributed by atoms with Crippen LogP contribution in [0.15, 0.2) is 42.5 Å². The molecule has 2 aromatic carbocycles. The summed E-state index contributed by atoms with van der Waals surface area (Å²) < 4.78 is 26.7. The summed E-state index contributed by atoms with van der Waals surface area (Å²) in [6.07, 6.45) is 0. The average Bonchev–Trinajstić information content (AvgIpc) is 2.83. The van der Waals surface area contributed by atoms with Crippen LogP contribution in [0.4, 0.5) is 19.3 Å². The Kier molecular flexibility index (Phi) is 4.65. The summed E-state index contributed by atoms with van der Waals surface area (Å²) in [4.78, 5) is 38.0. The fourth-order valence-electron chi connectivity index (χ4n) is 2.89. The predicted octanol–water partition coefficient (Wildman–Crippen LogP) is 2.68. The summed E-state index contributed by atoms with van der Waals surface area (Å²) in [5.41, 5.74) is -0.108. The highest BCUT2D eigenvalue weighted by atomic mass is 19.2. The smallest absolute Gasteiger partial charge is 0.324 e. The lowest BCUT2D eigenvalue weighted by Gasteiger charge is -2.22. The molecule has 0 aromatic heterocycles. The van der Waals surface area contributed by atoms with Crippen LogP contribution < -0.4 is 10.6 Å². The molecule has 1 heterocycles. The van der Waals surface area contributed by atoms with E-state index in [1.807, 2.05) is 19.1 Å². The molecule has 4 amide bonds. The van der Waals surface area contributed by atoms with E-state index in [1.54, 1.807) is 12.1 Å². The first kappa shape index (κ1) is 18.5. The number of imide groups is 1. The van der Waals surface area contributed by atoms with Gasteiger partial charge < -0.3 is 10.6 Å². The van der Waals surface area contributed by atoms with Crippen molar-refractivity contribution in [2.75, 3.05) is 11.9 Å². The molecule has 0 bridgehead atoms. The normalized spacial score (nSPS) is 19.2. The number of para-hydroxylation sites is 1. The maximum Gasteiger partial charge on any atom is 0.325 e. The van der Waals surface area contributed by atoms with E-state index in [0.717, 1.165) is 22.6 Å². The van der Waals surface area contributed by atoms with Crippen molar-refractivity contribution in [2.24, 2.45) is 0 Å². The molecule has 0 unspecified atom stereocenters. The number of carbonyl (C=O) groups is 3. The Morgan fingerprint density at radius 2 is 1.85 bits per heavy atom. The van der Waals surface area contributed by atoms with Gasteiger partial charge in [-0.15, -0.1) is 0 Å². The number of anilines is 1. The van der Waals surface area contributed by atoms with Gasteiger partial charge in [0.1, 0.15) is 12.1 Å². The van der Waals surface area contributed by atoms with Crippen molar-refractivity contribution in [3.63, 3.8) is 0 Å². The maximum atomic E-state index is 13.5. The molecule has 1 saturated heterocycles. The molecule has 140 valence electrons. The third-order valence-electron chi connectivity index (χ3n) is 4.49. The quantitative estimate of drug-likeness (QED) is 0.809. The number of urea groups is 1. The van der Waals surface area contributed by atoms with E-state index < -0.39 is 41.6 Å². The molecular weight excluding hydrogens is 356 g/mol. The summed E-state index contributed by atoms with van der Waals surface area (Å²) >= 11 is 0. The zero-order valence-corrected chi connectivity index (χ0v) is 14.7. The highest BCUT2D eigenvalue weighted by molar-refractivity contribution is 6.10. The SMILES string of the molecule is Cc1ccccc1NC(=O)CN1C(=O)N[C@](C)(c2ccc(F)c(F)c2)C1=O. The predicted molar refractivity (Wildman–Crippen MR) is 93.8 cm³/mol. The molecule has 2 aromatic rings. The molecule has 1 aliphatic rings. The Bertz CT molecular complexity index is 948. The topological polar surface area (TPSA) is 78.5 Å². The highest BCUT2D eigenvalue weighted by Crippen LogP contribution is 2.29. The van der Waals surface area contributed by atoms with Crippen molar-refractivity contribution >= 4 is 23.5 Å². The van der Waals surface area contributed by atoms with Crippen LogP contribution in [0.3, 0.4) is 0 Å². The molecule has 3 rings (SSSR count). The molecule has 1 aliphatic heterocycles. The van der Waals surface area contributed by atoms with Gasteiger partial charge in [0.05, 0.1) is 0 Å². The second-order valence-corrected chi connectivity index (χ2v) is 6.44. The van der Waals surface area contributed by atoms with Gasteiger partial charge in [0, 0.05) is 5.69 Å². The maximum absolute atomic E-state index is 13.5. The minimum Gasteiger partial charge on any atom is -0.324 e. The first-order valence-corrected chi connectivity index (χ1v) is 8.17. The van der Waals surface area contributed by atoms with Crippen LogP contribution in [-0.2, 0) is 15.1 Å². The molecule has 0 saturated carbocycles. The lowest BCUT2D eigenvalue weighted by atomic mass is 9.92. The van der Waals surface area contributed by atoms with Crippen LogP contribution in [0.25, 0.3) is 0 Å². The summed E-state index contributed by atoms with van der Waals surface area (Å²) in [6.45, 7) is 2.68. The standard InChI is InChI=1S/C19H17F2N3O3/c1-11-5-3-4-6-15(11)22-16(25)10-24-17(26)19(2,23-18(24)27)12-7-8-13(20)14(21)9-12/h3-9H,10H2,1-2H3,(H,22,25)(H,23,27)/t19-/m1/s1. The first-order chi connectivity index (χ1) is 12.7. The minimum atomic E-state index is -1.59. The van der Waals surface area contributed by atoms with Gasteiger partial charge in [-0.05, 0) is 43.2 Å². The lowest BCUT2D eigenvalue weighted by molar-refractivity contribution is -0.133. The number of nitrogens with zero attached hydrogens (tertiary/aromatic N) is 1. The fraction of sp³-hybridized carbons (Fsp3) is 0.211. The molecule has 0 radical (unpaired) electrons. The van der Waals surface area contributed by atoms with E-state index in [1.165, 1.54) is 13.0 Å². The molecule has 8 heteroatoms. The van der Waals surface area contributed by atoms with Gasteiger partial charge in [0.2, 0.25) is 5.91 Å². The van der Waals surface area contributed by atoms with Crippen molar-refractivity contribution in [1.82, 2.24) is 10.2 Å². The van der Waals surface area contributed by atoms with Crippen LogP contribution >= 0.6 is 0 Å². The molecule has 2 N–H and O–H groups in total. The van der Waals surface area contributed by atoms with Gasteiger partial charge in [0.25, 0.3) is 5.91 Å². The number of nitrogens with one attached hydrogen (secondary N) is 2. The zero-order valence-electron chi connectivity index (χ0n) is 14.7. The first-order valence-electron chi connectivity index (χ1n) is 8.17. The van der Waals surface area contributed by atoms with Crippen molar-refractivity contribution < 1.29 is 23.2 Å². The van der Waals surface area contributed by atoms with Crippen LogP contribution in [0, 0.1) is 18.6 Å². The number of amides is 4. The Morgan fingerprint density at radius 1 is 1.15 bits per heavy atom. The summed E-state index contributed by atoms with van der Waals surface area (Å²) in [5, 5.41) is 5.08. The van der Waals surface area contributed by atoms with Crippen LogP contribution in [-0.4, -0.2) is 29.3 Å². The molecule has 27 heavy (non-hydrogen) atoms. The zero-order chi connectivity index (χ0) is 19.8. The van der Waals surface area contributed by atoms with E-state index in [0.29, 0.717) is 5.69 Å². The summed E-state index contributed by atoms with van der Waals surface area (Å²) in [7, 11) is 0. The largest absolute Gasteiger partial charge is 0.325 e. The Hall–Kier alpha value is -3.29. The van der Waals surface area contributed by atoms with E-state index in [-0.39, 0.29) is 5.56 Å². The van der Waals surface area contributed by atoms with Crippen LogP contribution in [0.1, 0.15) is 18.1 Å². The second-order valence-electron chi connectivity index (χ2n) is 6.44. The van der Waals surface area contributed by atoms with Crippen LogP contribution in [0.2, 0.25) is 0 Å². The van der Waals surface area contributed by atoms with Gasteiger partial charge in [-0.3, -0.25) is 14.5 Å². The average molecular weight is 373 g/mol. The minimum absolute atomic E-state index is 0.0848. The lowest BCUT2D eigenvalue weighted by Crippen LogP contribution is -2.42. The third kappa shape index (κ3) is 3.38. The fourth-order valence-corrected chi connectivity index (χ4v) is 2.89. The molecule has 0 spiro atoms. The van der Waals surface area contributed by atoms with Gasteiger partial charge in [-0.2, -0.15) is 0 Å². The number of hydrogen-bond acceptors (Lipinski definition) is 3. The van der Waals surface area contributed by atoms with Crippen LogP contribution in [0.5, 0.6) is 0 Å². The van der Waals surface area contributed by atoms with Crippen molar-refractivity contribution in [2.45, 2.75) is 19.4 Å². The Balaban J connectivity index is 1.78. The number of benzene rings is 2. The summed E-state index contributed by atoms with van der Waals surface area (Å²) in [6, 6.07) is 9.23. The molecule has 6 nitrogen and oxygen atoms in total. The third-order valence-corrected chi connectivity index (χ3v) is 4.49. The van der Waals surface area contributed by atoms with Gasteiger partial charge in [0.15, 0.2) is 11.6 Å². The summed E-state index contributed by atoms with van der Waals surface area (Å²) in [5.74, 6) is -3.47. The monoisotopic (exact) mass is 373 g/mol. The molecule has 1 fully saturated rings. The van der Waals surface area contributed by atoms with E-state index >= 15 is 0 Å². The van der Waals surface area contributed by atoms with Gasteiger partial charge in [-0.1, -0.05) is 24.3 Å². The van der Waals surface area contributed by atoms with E-state index in [2.05, 4.69) is 10.6 Å². The van der Waals surface area contributed by atoms with Gasteiger partial charge in [-0.25, -0.2) is 13.6 Å². The molecule has 1 atom stereocenters. The number of carbonyl (C=O) groups excluding carboxylic acids is 3. The van der Waals surface area contributed by atoms with Gasteiger partial charge >= 0.3 is 6.03 Å². The number of halogens is 2. The van der Waals surface area contributed by atoms with Crippen molar-refractivity contribution in [1.29, 1.82) is 0 Å². The van der Waals surface area contributed by atoms with E-state index in [9.17, 15) is 23.2 Å². The molecule has 0 aliphatic carbocycles. The highest BCUT2D eigenvalue weighted by Gasteiger charge is 2.49. The second kappa shape index (κ2) is 6.79. The van der Waals surface area contributed by atoms with Crippen molar-refractivity contribution in [3.8, 4) is 0 Å². The number of aryl methyl sites for hydroxylation is 1. The Morgan fingerprint density at radius 3 is 2.52 bits per heavy atom. The molecular formula is C19H17F2N3O3. The van der Waals surface area contributed by atoms with Crippen molar-refractivity contribution in [3.05, 3.63) is 65.2 Å². The number of hydrogen-bond donors (Lipinski definition) is 2. The Labute approximate surface area is 154 Å². The number of rotatable bonds is 4.